The number of amides is 2. The second-order valence-corrected chi connectivity index (χ2v) is 7.83. The van der Waals surface area contributed by atoms with Crippen molar-refractivity contribution in [3.8, 4) is 0 Å². The lowest BCUT2D eigenvalue weighted by Crippen LogP contribution is -2.36. The molecule has 0 bridgehead atoms. The Morgan fingerprint density at radius 3 is 2.56 bits per heavy atom. The van der Waals surface area contributed by atoms with E-state index in [1.165, 1.54) is 18.3 Å². The molecule has 7 heteroatoms. The molecule has 1 aromatic heterocycles. The van der Waals surface area contributed by atoms with Crippen LogP contribution >= 0.6 is 11.3 Å². The summed E-state index contributed by atoms with van der Waals surface area (Å²) in [6.45, 7) is 1.14. The molecule has 6 nitrogen and oxygen atoms in total. The molecule has 25 heavy (non-hydrogen) atoms. The van der Waals surface area contributed by atoms with Gasteiger partial charge < -0.3 is 15.4 Å². The first-order chi connectivity index (χ1) is 12.0. The highest BCUT2D eigenvalue weighted by Gasteiger charge is 2.27. The number of aryl methyl sites for hydroxylation is 1. The van der Waals surface area contributed by atoms with Gasteiger partial charge in [0.25, 0.3) is 5.91 Å². The summed E-state index contributed by atoms with van der Waals surface area (Å²) in [7, 11) is 0. The van der Waals surface area contributed by atoms with Crippen molar-refractivity contribution in [1.29, 1.82) is 0 Å². The number of ether oxygens (including phenoxy) is 1. The number of nitrogens with one attached hydrogen (secondary N) is 2. The molecule has 2 aliphatic carbocycles. The first-order valence-electron chi connectivity index (χ1n) is 8.93. The van der Waals surface area contributed by atoms with Gasteiger partial charge in [-0.2, -0.15) is 0 Å². The quantitative estimate of drug-likeness (QED) is 0.787. The standard InChI is InChI=1S/C18H24N2O4S/c1-11(21)19-17-16(13-8-4-5-9-14(13)25-17)18(23)24-10-15(22)20-12-6-2-3-7-12/h12H,2-10H2,1H3,(H,19,21)(H,20,22). The van der Waals surface area contributed by atoms with E-state index in [2.05, 4.69) is 10.6 Å². The van der Waals surface area contributed by atoms with Crippen molar-refractivity contribution in [2.45, 2.75) is 64.3 Å². The number of rotatable bonds is 5. The van der Waals surface area contributed by atoms with Crippen molar-refractivity contribution in [1.82, 2.24) is 5.32 Å². The fraction of sp³-hybridized carbons (Fsp3) is 0.611. The fourth-order valence-corrected chi connectivity index (χ4v) is 4.90. The highest BCUT2D eigenvalue weighted by molar-refractivity contribution is 7.17. The number of anilines is 1. The van der Waals surface area contributed by atoms with Gasteiger partial charge in [-0.1, -0.05) is 12.8 Å². The van der Waals surface area contributed by atoms with Crippen LogP contribution in [0.1, 0.15) is 66.2 Å². The molecule has 0 unspecified atom stereocenters. The van der Waals surface area contributed by atoms with Gasteiger partial charge in [0.15, 0.2) is 6.61 Å². The summed E-state index contributed by atoms with van der Waals surface area (Å²) in [6.07, 6.45) is 8.08. The maximum Gasteiger partial charge on any atom is 0.341 e. The lowest BCUT2D eigenvalue weighted by atomic mass is 9.95. The maximum absolute atomic E-state index is 12.6. The Labute approximate surface area is 151 Å². The molecule has 0 atom stereocenters. The van der Waals surface area contributed by atoms with E-state index in [-0.39, 0.29) is 24.5 Å². The van der Waals surface area contributed by atoms with Crippen molar-refractivity contribution < 1.29 is 19.1 Å². The third kappa shape index (κ3) is 4.39. The second kappa shape index (κ2) is 7.99. The Kier molecular flexibility index (Phi) is 5.73. The minimum absolute atomic E-state index is 0.204. The number of carbonyl (C=O) groups is 3. The van der Waals surface area contributed by atoms with Gasteiger partial charge in [-0.25, -0.2) is 4.79 Å². The average molecular weight is 364 g/mol. The van der Waals surface area contributed by atoms with E-state index >= 15 is 0 Å². The third-order valence-electron chi connectivity index (χ3n) is 4.72. The van der Waals surface area contributed by atoms with E-state index in [0.717, 1.165) is 61.8 Å². The van der Waals surface area contributed by atoms with E-state index in [4.69, 9.17) is 4.74 Å². The molecule has 2 aliphatic rings. The lowest BCUT2D eigenvalue weighted by Gasteiger charge is -2.14. The molecule has 0 radical (unpaired) electrons. The Balaban J connectivity index is 1.66. The molecule has 0 aromatic carbocycles. The van der Waals surface area contributed by atoms with Crippen molar-refractivity contribution in [3.63, 3.8) is 0 Å². The monoisotopic (exact) mass is 364 g/mol. The molecule has 0 saturated heterocycles. The first-order valence-corrected chi connectivity index (χ1v) is 9.75. The first kappa shape index (κ1) is 17.9. The van der Waals surface area contributed by atoms with Crippen molar-refractivity contribution in [2.75, 3.05) is 11.9 Å². The lowest BCUT2D eigenvalue weighted by molar-refractivity contribution is -0.125. The summed E-state index contributed by atoms with van der Waals surface area (Å²) in [5.74, 6) is -0.998. The smallest absolute Gasteiger partial charge is 0.341 e. The van der Waals surface area contributed by atoms with E-state index in [1.807, 2.05) is 0 Å². The predicted molar refractivity (Wildman–Crippen MR) is 95.9 cm³/mol. The molecule has 0 spiro atoms. The van der Waals surface area contributed by atoms with E-state index in [0.29, 0.717) is 10.6 Å². The Morgan fingerprint density at radius 1 is 1.12 bits per heavy atom. The summed E-state index contributed by atoms with van der Waals surface area (Å²) >= 11 is 1.45. The topological polar surface area (TPSA) is 84.5 Å². The largest absolute Gasteiger partial charge is 0.452 e. The van der Waals surface area contributed by atoms with Crippen LogP contribution in [0.25, 0.3) is 0 Å². The van der Waals surface area contributed by atoms with Gasteiger partial charge in [-0.15, -0.1) is 11.3 Å². The van der Waals surface area contributed by atoms with E-state index in [1.54, 1.807) is 0 Å². The fourth-order valence-electron chi connectivity index (χ4n) is 3.57. The third-order valence-corrected chi connectivity index (χ3v) is 5.93. The number of esters is 1. The van der Waals surface area contributed by atoms with Crippen LogP contribution in [0.15, 0.2) is 0 Å². The molecule has 1 heterocycles. The molecule has 2 amide bonds. The molecule has 1 aromatic rings. The van der Waals surface area contributed by atoms with Crippen LogP contribution in [0.3, 0.4) is 0 Å². The summed E-state index contributed by atoms with van der Waals surface area (Å²) in [5, 5.41) is 6.18. The van der Waals surface area contributed by atoms with Gasteiger partial charge in [-0.3, -0.25) is 9.59 Å². The summed E-state index contributed by atoms with van der Waals surface area (Å²) in [4.78, 5) is 37.1. The number of hydrogen-bond donors (Lipinski definition) is 2. The molecule has 136 valence electrons. The van der Waals surface area contributed by atoms with Gasteiger partial charge in [-0.05, 0) is 44.1 Å². The van der Waals surface area contributed by atoms with Crippen LogP contribution in [0.4, 0.5) is 5.00 Å². The minimum Gasteiger partial charge on any atom is -0.452 e. The van der Waals surface area contributed by atoms with Gasteiger partial charge in [0.2, 0.25) is 5.91 Å². The predicted octanol–water partition coefficient (Wildman–Crippen LogP) is 2.80. The second-order valence-electron chi connectivity index (χ2n) is 6.72. The summed E-state index contributed by atoms with van der Waals surface area (Å²) in [5.41, 5.74) is 1.41. The molecule has 3 rings (SSSR count). The van der Waals surface area contributed by atoms with Crippen molar-refractivity contribution >= 4 is 34.1 Å². The number of carbonyl (C=O) groups excluding carboxylic acids is 3. The molecule has 2 N–H and O–H groups in total. The number of thiophene rings is 1. The normalized spacial score (nSPS) is 17.0. The Bertz CT molecular complexity index is 677. The van der Waals surface area contributed by atoms with Crippen LogP contribution < -0.4 is 10.6 Å². The minimum atomic E-state index is -0.523. The van der Waals surface area contributed by atoms with Crippen LogP contribution in [-0.4, -0.2) is 30.4 Å². The maximum atomic E-state index is 12.6. The van der Waals surface area contributed by atoms with Crippen LogP contribution in [0, 0.1) is 0 Å². The summed E-state index contributed by atoms with van der Waals surface area (Å²) in [6, 6.07) is 0.204. The highest BCUT2D eigenvalue weighted by atomic mass is 32.1. The highest BCUT2D eigenvalue weighted by Crippen LogP contribution is 2.38. The Hall–Kier alpha value is -1.89. The molecular weight excluding hydrogens is 340 g/mol. The Morgan fingerprint density at radius 2 is 1.84 bits per heavy atom. The zero-order chi connectivity index (χ0) is 17.8. The molecule has 1 saturated carbocycles. The van der Waals surface area contributed by atoms with Gasteiger partial charge >= 0.3 is 5.97 Å². The summed E-state index contributed by atoms with van der Waals surface area (Å²) < 4.78 is 5.25. The van der Waals surface area contributed by atoms with Crippen LogP contribution in [0.2, 0.25) is 0 Å². The van der Waals surface area contributed by atoms with E-state index < -0.39 is 5.97 Å². The van der Waals surface area contributed by atoms with Crippen molar-refractivity contribution in [3.05, 3.63) is 16.0 Å². The SMILES string of the molecule is CC(=O)Nc1sc2c(c1C(=O)OCC(=O)NC1CCCC1)CCCC2. The number of hydrogen-bond acceptors (Lipinski definition) is 5. The average Bonchev–Trinajstić information content (AvgIpc) is 3.19. The van der Waals surface area contributed by atoms with Crippen molar-refractivity contribution in [2.24, 2.45) is 0 Å². The van der Waals surface area contributed by atoms with E-state index in [9.17, 15) is 14.4 Å². The zero-order valence-electron chi connectivity index (χ0n) is 14.5. The number of fused-ring (bicyclic) bond motifs is 1. The molecule has 1 fully saturated rings. The molecule has 0 aliphatic heterocycles. The zero-order valence-corrected chi connectivity index (χ0v) is 15.3. The molecular formula is C18H24N2O4S. The van der Waals surface area contributed by atoms with Crippen LogP contribution in [-0.2, 0) is 27.2 Å². The van der Waals surface area contributed by atoms with Gasteiger partial charge in [0.05, 0.1) is 5.56 Å². The van der Waals surface area contributed by atoms with Gasteiger partial charge in [0.1, 0.15) is 5.00 Å². The van der Waals surface area contributed by atoms with Gasteiger partial charge in [0, 0.05) is 17.8 Å². The van der Waals surface area contributed by atoms with Crippen LogP contribution in [0.5, 0.6) is 0 Å².